The van der Waals surface area contributed by atoms with Crippen LogP contribution in [0.2, 0.25) is 0 Å². The molecule has 1 amide bonds. The monoisotopic (exact) mass is 446 g/mol. The molecule has 4 heterocycles. The van der Waals surface area contributed by atoms with Crippen molar-refractivity contribution in [1.29, 1.82) is 0 Å². The summed E-state index contributed by atoms with van der Waals surface area (Å²) < 4.78 is 19.7. The number of halogens is 1. The van der Waals surface area contributed by atoms with Gasteiger partial charge in [0.05, 0.1) is 5.56 Å². The number of alkyl halides is 1. The van der Waals surface area contributed by atoms with E-state index in [1.807, 2.05) is 29.2 Å². The van der Waals surface area contributed by atoms with E-state index in [9.17, 15) is 9.18 Å². The molecule has 0 radical (unpaired) electrons. The van der Waals surface area contributed by atoms with E-state index >= 15 is 0 Å². The second kappa shape index (κ2) is 7.68. The third-order valence-corrected chi connectivity index (χ3v) is 6.31. The van der Waals surface area contributed by atoms with Gasteiger partial charge in [-0.3, -0.25) is 4.79 Å². The minimum absolute atomic E-state index is 0.00174. The maximum Gasteiger partial charge on any atom is 0.229 e. The molecule has 1 aliphatic carbocycles. The molecule has 2 N–H and O–H groups in total. The zero-order valence-electron chi connectivity index (χ0n) is 18.1. The van der Waals surface area contributed by atoms with Crippen LogP contribution in [-0.2, 0) is 4.79 Å². The minimum atomic E-state index is -0.792. The fourth-order valence-electron chi connectivity index (χ4n) is 4.33. The first kappa shape index (κ1) is 19.9. The summed E-state index contributed by atoms with van der Waals surface area (Å²) in [6.45, 7) is 1.10. The van der Waals surface area contributed by atoms with Crippen molar-refractivity contribution in [3.8, 4) is 11.5 Å². The Morgan fingerprint density at radius 2 is 2.03 bits per heavy atom. The lowest BCUT2D eigenvalue weighted by atomic mass is 10.1. The quantitative estimate of drug-likeness (QED) is 0.470. The van der Waals surface area contributed by atoms with Crippen LogP contribution in [-0.4, -0.2) is 47.2 Å². The number of nitrogens with zero attached hydrogens (tertiary/aromatic N) is 4. The molecule has 6 rings (SSSR count). The Morgan fingerprint density at radius 3 is 2.79 bits per heavy atom. The van der Waals surface area contributed by atoms with Crippen LogP contribution in [0.4, 0.5) is 21.7 Å². The number of hydrogen-bond donors (Lipinski definition) is 2. The first-order valence-electron chi connectivity index (χ1n) is 11.2. The highest BCUT2D eigenvalue weighted by molar-refractivity contribution is 6.03. The van der Waals surface area contributed by atoms with Crippen molar-refractivity contribution in [2.45, 2.75) is 25.4 Å². The van der Waals surface area contributed by atoms with Gasteiger partial charge in [-0.2, -0.15) is 0 Å². The van der Waals surface area contributed by atoms with Crippen LogP contribution in [0.25, 0.3) is 33.3 Å². The summed E-state index contributed by atoms with van der Waals surface area (Å²) in [4.78, 5) is 27.9. The van der Waals surface area contributed by atoms with Gasteiger partial charge in [-0.1, -0.05) is 0 Å². The third kappa shape index (κ3) is 3.63. The Balaban J connectivity index is 1.42. The van der Waals surface area contributed by atoms with E-state index < -0.39 is 6.17 Å². The van der Waals surface area contributed by atoms with Gasteiger partial charge < -0.3 is 20.0 Å². The lowest BCUT2D eigenvalue weighted by Gasteiger charge is -2.16. The van der Waals surface area contributed by atoms with Crippen LogP contribution >= 0.6 is 0 Å². The largest absolute Gasteiger partial charge is 0.436 e. The zero-order valence-corrected chi connectivity index (χ0v) is 18.1. The standard InChI is InChI=1S/C24H23FN6O2/c1-26-22-17-10-27-21(30-23(32)13-2-3-13)9-16(17)18(11-28-22)24-29-19-8-15(4-5-20(19)33-24)31-7-6-14(25)12-31/h4-5,8-11,13-14H,2-3,6-7,12H2,1H3,(H,26,28)(H,27,30,32)/t14-/m0/s1. The van der Waals surface area contributed by atoms with Crippen molar-refractivity contribution in [2.24, 2.45) is 5.92 Å². The number of carbonyl (C=O) groups is 1. The lowest BCUT2D eigenvalue weighted by molar-refractivity contribution is -0.117. The summed E-state index contributed by atoms with van der Waals surface area (Å²) in [5.41, 5.74) is 2.99. The molecular weight excluding hydrogens is 423 g/mol. The van der Waals surface area contributed by atoms with Crippen molar-refractivity contribution in [3.63, 3.8) is 0 Å². The maximum atomic E-state index is 13.6. The maximum absolute atomic E-state index is 13.6. The van der Waals surface area contributed by atoms with Crippen LogP contribution < -0.4 is 15.5 Å². The molecule has 9 heteroatoms. The van der Waals surface area contributed by atoms with Gasteiger partial charge in [-0.25, -0.2) is 19.3 Å². The SMILES string of the molecule is CNc1ncc(-c2nc3cc(N4CC[C@H](F)C4)ccc3o2)c2cc(NC(=O)C3CC3)ncc12. The molecule has 8 nitrogen and oxygen atoms in total. The van der Waals surface area contributed by atoms with Gasteiger partial charge in [0.25, 0.3) is 0 Å². The van der Waals surface area contributed by atoms with Crippen molar-refractivity contribution in [2.75, 3.05) is 35.7 Å². The molecule has 1 saturated heterocycles. The van der Waals surface area contributed by atoms with Crippen molar-refractivity contribution in [1.82, 2.24) is 15.0 Å². The number of anilines is 3. The van der Waals surface area contributed by atoms with E-state index in [-0.39, 0.29) is 11.8 Å². The Hall–Kier alpha value is -3.75. The number of benzene rings is 1. The number of aromatic nitrogens is 3. The molecule has 1 aromatic carbocycles. The van der Waals surface area contributed by atoms with E-state index in [0.717, 1.165) is 29.3 Å². The van der Waals surface area contributed by atoms with E-state index in [4.69, 9.17) is 9.40 Å². The van der Waals surface area contributed by atoms with Crippen molar-refractivity contribution in [3.05, 3.63) is 36.7 Å². The second-order valence-corrected chi connectivity index (χ2v) is 8.65. The van der Waals surface area contributed by atoms with Crippen molar-refractivity contribution >= 4 is 45.1 Å². The molecule has 3 aromatic heterocycles. The summed E-state index contributed by atoms with van der Waals surface area (Å²) in [6, 6.07) is 7.57. The lowest BCUT2D eigenvalue weighted by Crippen LogP contribution is -2.19. The highest BCUT2D eigenvalue weighted by atomic mass is 19.1. The van der Waals surface area contributed by atoms with E-state index in [0.29, 0.717) is 53.7 Å². The average molecular weight is 446 g/mol. The van der Waals surface area contributed by atoms with Crippen LogP contribution in [0.1, 0.15) is 19.3 Å². The Morgan fingerprint density at radius 1 is 1.15 bits per heavy atom. The third-order valence-electron chi connectivity index (χ3n) is 6.31. The van der Waals surface area contributed by atoms with Gasteiger partial charge >= 0.3 is 0 Å². The number of oxazole rings is 1. The van der Waals surface area contributed by atoms with Crippen LogP contribution in [0.5, 0.6) is 0 Å². The molecule has 33 heavy (non-hydrogen) atoms. The molecule has 4 aromatic rings. The van der Waals surface area contributed by atoms with E-state index in [1.165, 1.54) is 0 Å². The van der Waals surface area contributed by atoms with Gasteiger partial charge in [0.2, 0.25) is 11.8 Å². The first-order chi connectivity index (χ1) is 16.1. The molecular formula is C24H23FN6O2. The minimum Gasteiger partial charge on any atom is -0.436 e. The molecule has 0 bridgehead atoms. The Labute approximate surface area is 189 Å². The van der Waals surface area contributed by atoms with Gasteiger partial charge in [-0.05, 0) is 43.5 Å². The van der Waals surface area contributed by atoms with E-state index in [2.05, 4.69) is 20.6 Å². The summed E-state index contributed by atoms with van der Waals surface area (Å²) in [7, 11) is 1.80. The van der Waals surface area contributed by atoms with Gasteiger partial charge in [-0.15, -0.1) is 0 Å². The number of fused-ring (bicyclic) bond motifs is 2. The summed E-state index contributed by atoms with van der Waals surface area (Å²) in [6.07, 6.45) is 5.01. The zero-order chi connectivity index (χ0) is 22.5. The predicted molar refractivity (Wildman–Crippen MR) is 125 cm³/mol. The van der Waals surface area contributed by atoms with Crippen LogP contribution in [0, 0.1) is 5.92 Å². The molecule has 2 fully saturated rings. The van der Waals surface area contributed by atoms with Crippen LogP contribution in [0.3, 0.4) is 0 Å². The molecule has 1 atom stereocenters. The van der Waals surface area contributed by atoms with E-state index in [1.54, 1.807) is 19.4 Å². The Kier molecular flexibility index (Phi) is 4.63. The summed E-state index contributed by atoms with van der Waals surface area (Å²) in [5.74, 6) is 1.68. The molecule has 0 spiro atoms. The fourth-order valence-corrected chi connectivity index (χ4v) is 4.33. The average Bonchev–Trinajstić information content (AvgIpc) is 3.46. The summed E-state index contributed by atoms with van der Waals surface area (Å²) >= 11 is 0. The van der Waals surface area contributed by atoms with Gasteiger partial charge in [0, 0.05) is 54.9 Å². The number of pyridine rings is 2. The second-order valence-electron chi connectivity index (χ2n) is 8.65. The molecule has 0 unspecified atom stereocenters. The number of carbonyl (C=O) groups excluding carboxylic acids is 1. The highest BCUT2D eigenvalue weighted by Crippen LogP contribution is 2.35. The first-order valence-corrected chi connectivity index (χ1v) is 11.2. The van der Waals surface area contributed by atoms with Gasteiger partial charge in [0.1, 0.15) is 23.3 Å². The smallest absolute Gasteiger partial charge is 0.229 e. The molecule has 1 saturated carbocycles. The molecule has 2 aliphatic rings. The molecule has 168 valence electrons. The van der Waals surface area contributed by atoms with Crippen LogP contribution in [0.15, 0.2) is 41.1 Å². The number of nitrogens with one attached hydrogen (secondary N) is 2. The van der Waals surface area contributed by atoms with Gasteiger partial charge in [0.15, 0.2) is 5.58 Å². The fraction of sp³-hybridized carbons (Fsp3) is 0.333. The normalized spacial score (nSPS) is 18.2. The number of amides is 1. The highest BCUT2D eigenvalue weighted by Gasteiger charge is 2.30. The predicted octanol–water partition coefficient (Wildman–Crippen LogP) is 4.38. The number of rotatable bonds is 5. The summed E-state index contributed by atoms with van der Waals surface area (Å²) in [5, 5.41) is 7.60. The number of hydrogen-bond acceptors (Lipinski definition) is 7. The topological polar surface area (TPSA) is 96.2 Å². The Bertz CT molecular complexity index is 1380. The molecule has 1 aliphatic heterocycles. The van der Waals surface area contributed by atoms with Crippen molar-refractivity contribution < 1.29 is 13.6 Å².